The van der Waals surface area contributed by atoms with E-state index in [4.69, 9.17) is 0 Å². The van der Waals surface area contributed by atoms with Crippen LogP contribution in [0.5, 0.6) is 0 Å². The zero-order valence-electron chi connectivity index (χ0n) is 11.0. The van der Waals surface area contributed by atoms with Gasteiger partial charge in [0.15, 0.2) is 0 Å². The molecule has 0 saturated heterocycles. The molecule has 2 nitrogen and oxygen atoms in total. The van der Waals surface area contributed by atoms with Crippen LogP contribution < -0.4 is 5.30 Å². The molecule has 0 radical (unpaired) electrons. The van der Waals surface area contributed by atoms with Gasteiger partial charge in [-0.1, -0.05) is 42.0 Å². The van der Waals surface area contributed by atoms with Crippen molar-refractivity contribution in [1.29, 1.82) is 0 Å². The van der Waals surface area contributed by atoms with Crippen LogP contribution in [0.3, 0.4) is 0 Å². The van der Waals surface area contributed by atoms with E-state index in [2.05, 4.69) is 4.52 Å². The Morgan fingerprint density at radius 1 is 1.11 bits per heavy atom. The van der Waals surface area contributed by atoms with Crippen molar-refractivity contribution >= 4 is 13.0 Å². The van der Waals surface area contributed by atoms with Crippen molar-refractivity contribution in [3.05, 3.63) is 54.1 Å². The van der Waals surface area contributed by atoms with Crippen LogP contribution in [-0.4, -0.2) is 6.61 Å². The standard InChI is InChI=1S/C15H16FO2P/c1-3-18-19(16,17)15-9-7-13(8-10-15)14-6-4-5-12(2)11-14/h4-11H,3H2,1-2H3. The van der Waals surface area contributed by atoms with E-state index in [1.807, 2.05) is 31.2 Å². The van der Waals surface area contributed by atoms with E-state index < -0.39 is 7.68 Å². The maximum Gasteiger partial charge on any atom is 0.397 e. The molecule has 0 aromatic heterocycles. The van der Waals surface area contributed by atoms with Crippen molar-refractivity contribution in [2.75, 3.05) is 6.61 Å². The lowest BCUT2D eigenvalue weighted by molar-refractivity contribution is 0.313. The second kappa shape index (κ2) is 5.68. The summed E-state index contributed by atoms with van der Waals surface area (Å²) in [5.74, 6) is 0. The summed E-state index contributed by atoms with van der Waals surface area (Å²) in [7, 11) is -4.17. The molecule has 0 N–H and O–H groups in total. The molecule has 0 spiro atoms. The molecule has 0 saturated carbocycles. The number of aryl methyl sites for hydroxylation is 1. The van der Waals surface area contributed by atoms with Crippen molar-refractivity contribution in [3.63, 3.8) is 0 Å². The number of halogens is 1. The third-order valence-electron chi connectivity index (χ3n) is 2.82. The Labute approximate surface area is 112 Å². The lowest BCUT2D eigenvalue weighted by atomic mass is 10.0. The van der Waals surface area contributed by atoms with Gasteiger partial charge in [-0.15, -0.1) is 0 Å². The van der Waals surface area contributed by atoms with Crippen LogP contribution in [0.1, 0.15) is 12.5 Å². The Morgan fingerprint density at radius 3 is 2.37 bits per heavy atom. The summed E-state index contributed by atoms with van der Waals surface area (Å²) in [6.07, 6.45) is 0. The van der Waals surface area contributed by atoms with Crippen molar-refractivity contribution in [2.24, 2.45) is 0 Å². The van der Waals surface area contributed by atoms with Gasteiger partial charge in [-0.3, -0.25) is 0 Å². The first-order valence-corrected chi connectivity index (χ1v) is 7.66. The summed E-state index contributed by atoms with van der Waals surface area (Å²) in [6.45, 7) is 3.73. The van der Waals surface area contributed by atoms with Gasteiger partial charge in [0.2, 0.25) is 0 Å². The normalized spacial score (nSPS) is 14.1. The van der Waals surface area contributed by atoms with Crippen LogP contribution in [0.4, 0.5) is 4.20 Å². The molecule has 0 bridgehead atoms. The monoisotopic (exact) mass is 278 g/mol. The average Bonchev–Trinajstić information content (AvgIpc) is 2.39. The molecular formula is C15H16FO2P. The van der Waals surface area contributed by atoms with Crippen LogP contribution in [0, 0.1) is 6.92 Å². The average molecular weight is 278 g/mol. The smallest absolute Gasteiger partial charge is 0.302 e. The molecule has 2 aromatic rings. The highest BCUT2D eigenvalue weighted by Crippen LogP contribution is 2.47. The van der Waals surface area contributed by atoms with E-state index in [1.54, 1.807) is 19.1 Å². The first kappa shape index (κ1) is 14.0. The number of benzene rings is 2. The van der Waals surface area contributed by atoms with Gasteiger partial charge in [0.1, 0.15) is 0 Å². The molecule has 1 atom stereocenters. The second-order valence-corrected chi connectivity index (χ2v) is 6.05. The van der Waals surface area contributed by atoms with E-state index in [0.29, 0.717) is 0 Å². The Morgan fingerprint density at radius 2 is 1.79 bits per heavy atom. The van der Waals surface area contributed by atoms with E-state index in [1.165, 1.54) is 12.1 Å². The van der Waals surface area contributed by atoms with Gasteiger partial charge in [-0.05, 0) is 37.1 Å². The maximum atomic E-state index is 13.8. The fourth-order valence-corrected chi connectivity index (χ4v) is 2.88. The molecule has 19 heavy (non-hydrogen) atoms. The highest BCUT2D eigenvalue weighted by molar-refractivity contribution is 7.61. The van der Waals surface area contributed by atoms with Gasteiger partial charge >= 0.3 is 7.68 Å². The van der Waals surface area contributed by atoms with Crippen molar-refractivity contribution in [2.45, 2.75) is 13.8 Å². The minimum Gasteiger partial charge on any atom is -0.302 e. The lowest BCUT2D eigenvalue weighted by Crippen LogP contribution is -2.03. The van der Waals surface area contributed by atoms with E-state index in [9.17, 15) is 8.76 Å². The topological polar surface area (TPSA) is 26.3 Å². The van der Waals surface area contributed by atoms with Gasteiger partial charge in [-0.2, -0.15) is 4.20 Å². The van der Waals surface area contributed by atoms with Gasteiger partial charge < -0.3 is 4.52 Å². The molecule has 0 aliphatic rings. The Hall–Kier alpha value is -1.44. The molecule has 0 aliphatic heterocycles. The Balaban J connectivity index is 2.31. The van der Waals surface area contributed by atoms with Crippen molar-refractivity contribution in [1.82, 2.24) is 0 Å². The lowest BCUT2D eigenvalue weighted by Gasteiger charge is -2.09. The Bertz CT molecular complexity index is 608. The molecule has 0 amide bonds. The predicted octanol–water partition coefficient (Wildman–Crippen LogP) is 4.49. The van der Waals surface area contributed by atoms with E-state index in [-0.39, 0.29) is 11.9 Å². The molecule has 0 aliphatic carbocycles. The van der Waals surface area contributed by atoms with Crippen LogP contribution in [0.2, 0.25) is 0 Å². The summed E-state index contributed by atoms with van der Waals surface area (Å²) in [6, 6.07) is 14.6. The maximum absolute atomic E-state index is 13.8. The molecule has 1 unspecified atom stereocenters. The molecule has 4 heteroatoms. The summed E-state index contributed by atoms with van der Waals surface area (Å²) in [4.78, 5) is 0. The Kier molecular flexibility index (Phi) is 4.18. The minimum absolute atomic E-state index is 0.0907. The highest BCUT2D eigenvalue weighted by Gasteiger charge is 2.24. The molecule has 0 heterocycles. The predicted molar refractivity (Wildman–Crippen MR) is 76.6 cm³/mol. The van der Waals surface area contributed by atoms with Crippen LogP contribution in [-0.2, 0) is 9.09 Å². The third-order valence-corrected chi connectivity index (χ3v) is 4.33. The zero-order chi connectivity index (χ0) is 13.9. The minimum atomic E-state index is -4.17. The fourth-order valence-electron chi connectivity index (χ4n) is 1.90. The van der Waals surface area contributed by atoms with E-state index >= 15 is 0 Å². The van der Waals surface area contributed by atoms with Crippen LogP contribution >= 0.6 is 7.68 Å². The van der Waals surface area contributed by atoms with Crippen molar-refractivity contribution in [3.8, 4) is 11.1 Å². The third kappa shape index (κ3) is 3.31. The summed E-state index contributed by atoms with van der Waals surface area (Å²) in [5, 5.41) is 0.103. The molecule has 2 aromatic carbocycles. The molecular weight excluding hydrogens is 262 g/mol. The number of hydrogen-bond donors (Lipinski definition) is 0. The fraction of sp³-hybridized carbons (Fsp3) is 0.200. The SMILES string of the molecule is CCOP(=O)(F)c1ccc(-c2cccc(C)c2)cc1. The summed E-state index contributed by atoms with van der Waals surface area (Å²) >= 11 is 0. The van der Waals surface area contributed by atoms with Gasteiger partial charge in [-0.25, -0.2) is 4.57 Å². The summed E-state index contributed by atoms with van der Waals surface area (Å²) < 4.78 is 30.1. The van der Waals surface area contributed by atoms with Gasteiger partial charge in [0.05, 0.1) is 11.9 Å². The number of hydrogen-bond acceptors (Lipinski definition) is 2. The summed E-state index contributed by atoms with van der Waals surface area (Å²) in [5.41, 5.74) is 3.17. The zero-order valence-corrected chi connectivity index (χ0v) is 11.9. The second-order valence-electron chi connectivity index (χ2n) is 4.31. The molecule has 2 rings (SSSR count). The quantitative estimate of drug-likeness (QED) is 0.770. The van der Waals surface area contributed by atoms with Crippen LogP contribution in [0.25, 0.3) is 11.1 Å². The van der Waals surface area contributed by atoms with E-state index in [0.717, 1.165) is 16.7 Å². The van der Waals surface area contributed by atoms with Gasteiger partial charge in [0.25, 0.3) is 0 Å². The molecule has 0 fully saturated rings. The van der Waals surface area contributed by atoms with Crippen molar-refractivity contribution < 1.29 is 13.3 Å². The first-order chi connectivity index (χ1) is 9.03. The highest BCUT2D eigenvalue weighted by atomic mass is 31.2. The number of rotatable bonds is 4. The molecule has 100 valence electrons. The first-order valence-electron chi connectivity index (χ1n) is 6.15. The largest absolute Gasteiger partial charge is 0.397 e. The van der Waals surface area contributed by atoms with Gasteiger partial charge in [0, 0.05) is 0 Å². The van der Waals surface area contributed by atoms with Crippen LogP contribution in [0.15, 0.2) is 48.5 Å².